The van der Waals surface area contributed by atoms with E-state index >= 15 is 0 Å². The molecule has 0 fully saturated rings. The van der Waals surface area contributed by atoms with Gasteiger partial charge in [-0.3, -0.25) is 0 Å². The van der Waals surface area contributed by atoms with Crippen molar-refractivity contribution in [1.29, 1.82) is 0 Å². The zero-order valence-corrected chi connectivity index (χ0v) is 13.1. The second kappa shape index (κ2) is 13.0. The minimum atomic E-state index is 0.839. The summed E-state index contributed by atoms with van der Waals surface area (Å²) in [5.74, 6) is 0. The summed E-state index contributed by atoms with van der Waals surface area (Å²) in [5, 5.41) is 11.3. The third-order valence-corrected chi connectivity index (χ3v) is 3.64. The average molecular weight is 277 g/mol. The van der Waals surface area contributed by atoms with Gasteiger partial charge in [0.15, 0.2) is 0 Å². The third-order valence-electron chi connectivity index (χ3n) is 3.64. The highest BCUT2D eigenvalue weighted by Crippen LogP contribution is 2.10. The highest BCUT2D eigenvalue weighted by molar-refractivity contribution is 4.98. The van der Waals surface area contributed by atoms with Crippen molar-refractivity contribution < 1.29 is 0 Å². The SMILES string of the molecule is CCCCCCCCCCCCNCc1cccnn1. The minimum absolute atomic E-state index is 0.839. The van der Waals surface area contributed by atoms with Crippen molar-refractivity contribution in [2.75, 3.05) is 6.54 Å². The molecule has 3 nitrogen and oxygen atoms in total. The fourth-order valence-electron chi connectivity index (χ4n) is 2.38. The molecule has 0 aromatic carbocycles. The van der Waals surface area contributed by atoms with Gasteiger partial charge in [0.25, 0.3) is 0 Å². The quantitative estimate of drug-likeness (QED) is 0.540. The van der Waals surface area contributed by atoms with E-state index in [0.29, 0.717) is 0 Å². The fourth-order valence-corrected chi connectivity index (χ4v) is 2.38. The second-order valence-electron chi connectivity index (χ2n) is 5.57. The number of aromatic nitrogens is 2. The second-order valence-corrected chi connectivity index (χ2v) is 5.57. The largest absolute Gasteiger partial charge is 0.311 e. The molecule has 0 unspecified atom stereocenters. The van der Waals surface area contributed by atoms with Crippen LogP contribution >= 0.6 is 0 Å². The van der Waals surface area contributed by atoms with Crippen LogP contribution in [0, 0.1) is 0 Å². The van der Waals surface area contributed by atoms with Crippen molar-refractivity contribution in [2.24, 2.45) is 0 Å². The summed E-state index contributed by atoms with van der Waals surface area (Å²) in [6.07, 6.45) is 15.6. The van der Waals surface area contributed by atoms with Gasteiger partial charge in [0.1, 0.15) is 0 Å². The van der Waals surface area contributed by atoms with Gasteiger partial charge in [-0.1, -0.05) is 64.7 Å². The van der Waals surface area contributed by atoms with Gasteiger partial charge in [-0.2, -0.15) is 10.2 Å². The van der Waals surface area contributed by atoms with Crippen molar-refractivity contribution >= 4 is 0 Å². The predicted octanol–water partition coefficient (Wildman–Crippen LogP) is 4.49. The van der Waals surface area contributed by atoms with Gasteiger partial charge in [-0.25, -0.2) is 0 Å². The third kappa shape index (κ3) is 9.90. The summed E-state index contributed by atoms with van der Waals surface area (Å²) < 4.78 is 0. The van der Waals surface area contributed by atoms with Crippen LogP contribution in [-0.4, -0.2) is 16.7 Å². The van der Waals surface area contributed by atoms with E-state index < -0.39 is 0 Å². The Morgan fingerprint density at radius 2 is 1.55 bits per heavy atom. The zero-order valence-electron chi connectivity index (χ0n) is 13.1. The first-order chi connectivity index (χ1) is 9.93. The van der Waals surface area contributed by atoms with E-state index in [1.54, 1.807) is 6.20 Å². The van der Waals surface area contributed by atoms with E-state index in [-0.39, 0.29) is 0 Å². The van der Waals surface area contributed by atoms with E-state index in [2.05, 4.69) is 22.4 Å². The molecule has 0 aliphatic carbocycles. The molecule has 3 heteroatoms. The molecule has 1 aromatic heterocycles. The number of nitrogens with one attached hydrogen (secondary N) is 1. The molecule has 0 aliphatic heterocycles. The molecular formula is C17H31N3. The molecule has 0 atom stereocenters. The molecule has 0 aliphatic rings. The molecule has 20 heavy (non-hydrogen) atoms. The first kappa shape index (κ1) is 17.1. The maximum absolute atomic E-state index is 4.06. The van der Waals surface area contributed by atoms with E-state index in [4.69, 9.17) is 0 Å². The van der Waals surface area contributed by atoms with Crippen LogP contribution in [0.5, 0.6) is 0 Å². The lowest BCUT2D eigenvalue weighted by Crippen LogP contribution is -2.15. The van der Waals surface area contributed by atoms with Crippen LogP contribution in [0.25, 0.3) is 0 Å². The van der Waals surface area contributed by atoms with Crippen molar-refractivity contribution in [3.63, 3.8) is 0 Å². The molecule has 0 bridgehead atoms. The van der Waals surface area contributed by atoms with Gasteiger partial charge in [0, 0.05) is 12.7 Å². The van der Waals surface area contributed by atoms with Crippen molar-refractivity contribution in [3.05, 3.63) is 24.0 Å². The molecule has 1 heterocycles. The first-order valence-electron chi connectivity index (χ1n) is 8.40. The Balaban J connectivity index is 1.77. The van der Waals surface area contributed by atoms with Crippen LogP contribution in [0.15, 0.2) is 18.3 Å². The maximum Gasteiger partial charge on any atom is 0.0768 e. The highest BCUT2D eigenvalue weighted by Gasteiger charge is 1.94. The number of hydrogen-bond donors (Lipinski definition) is 1. The molecule has 1 N–H and O–H groups in total. The molecular weight excluding hydrogens is 246 g/mol. The summed E-state index contributed by atoms with van der Waals surface area (Å²) in [6, 6.07) is 3.95. The van der Waals surface area contributed by atoms with Gasteiger partial charge in [-0.05, 0) is 25.1 Å². The molecule has 1 rings (SSSR count). The van der Waals surface area contributed by atoms with Crippen LogP contribution in [0.2, 0.25) is 0 Å². The van der Waals surface area contributed by atoms with E-state index in [1.807, 2.05) is 12.1 Å². The van der Waals surface area contributed by atoms with Crippen molar-refractivity contribution in [2.45, 2.75) is 77.7 Å². The van der Waals surface area contributed by atoms with E-state index in [1.165, 1.54) is 64.2 Å². The van der Waals surface area contributed by atoms with Crippen molar-refractivity contribution in [3.8, 4) is 0 Å². The normalized spacial score (nSPS) is 10.8. The van der Waals surface area contributed by atoms with Crippen LogP contribution in [0.1, 0.15) is 76.8 Å². The highest BCUT2D eigenvalue weighted by atomic mass is 15.1. The molecule has 114 valence electrons. The van der Waals surface area contributed by atoms with E-state index in [0.717, 1.165) is 18.8 Å². The number of unbranched alkanes of at least 4 members (excludes halogenated alkanes) is 9. The van der Waals surface area contributed by atoms with Crippen LogP contribution in [0.3, 0.4) is 0 Å². The summed E-state index contributed by atoms with van der Waals surface area (Å²) in [5.41, 5.74) is 1.03. The lowest BCUT2D eigenvalue weighted by atomic mass is 10.1. The summed E-state index contributed by atoms with van der Waals surface area (Å²) in [7, 11) is 0. The average Bonchev–Trinajstić information content (AvgIpc) is 2.49. The Hall–Kier alpha value is -0.960. The lowest BCUT2D eigenvalue weighted by Gasteiger charge is -2.04. The Labute approximate surface area is 124 Å². The molecule has 0 saturated carbocycles. The van der Waals surface area contributed by atoms with Gasteiger partial charge in [0.2, 0.25) is 0 Å². The smallest absolute Gasteiger partial charge is 0.0768 e. The van der Waals surface area contributed by atoms with Crippen LogP contribution in [-0.2, 0) is 6.54 Å². The van der Waals surface area contributed by atoms with Crippen LogP contribution < -0.4 is 5.32 Å². The fraction of sp³-hybridized carbons (Fsp3) is 0.765. The molecule has 0 spiro atoms. The predicted molar refractivity (Wildman–Crippen MR) is 85.6 cm³/mol. The summed E-state index contributed by atoms with van der Waals surface area (Å²) >= 11 is 0. The summed E-state index contributed by atoms with van der Waals surface area (Å²) in [6.45, 7) is 4.21. The topological polar surface area (TPSA) is 37.8 Å². The molecule has 0 amide bonds. The lowest BCUT2D eigenvalue weighted by molar-refractivity contribution is 0.542. The Morgan fingerprint density at radius 1 is 0.900 bits per heavy atom. The molecule has 1 aromatic rings. The Morgan fingerprint density at radius 3 is 2.15 bits per heavy atom. The van der Waals surface area contributed by atoms with Crippen LogP contribution in [0.4, 0.5) is 0 Å². The zero-order chi connectivity index (χ0) is 14.3. The Bertz CT molecular complexity index is 300. The number of hydrogen-bond acceptors (Lipinski definition) is 3. The van der Waals surface area contributed by atoms with Gasteiger partial charge >= 0.3 is 0 Å². The molecule has 0 radical (unpaired) electrons. The van der Waals surface area contributed by atoms with Gasteiger partial charge in [0.05, 0.1) is 5.69 Å². The van der Waals surface area contributed by atoms with Crippen molar-refractivity contribution in [1.82, 2.24) is 15.5 Å². The summed E-state index contributed by atoms with van der Waals surface area (Å²) in [4.78, 5) is 0. The standard InChI is InChI=1S/C17H31N3/c1-2-3-4-5-6-7-8-9-10-11-14-18-16-17-13-12-15-19-20-17/h12-13,15,18H,2-11,14,16H2,1H3. The number of nitrogens with zero attached hydrogens (tertiary/aromatic N) is 2. The number of rotatable bonds is 13. The maximum atomic E-state index is 4.06. The first-order valence-corrected chi connectivity index (χ1v) is 8.40. The van der Waals surface area contributed by atoms with Gasteiger partial charge < -0.3 is 5.32 Å². The van der Waals surface area contributed by atoms with E-state index in [9.17, 15) is 0 Å². The monoisotopic (exact) mass is 277 g/mol. The van der Waals surface area contributed by atoms with Gasteiger partial charge in [-0.15, -0.1) is 0 Å². The minimum Gasteiger partial charge on any atom is -0.311 e. The molecule has 0 saturated heterocycles. The Kier molecular flexibility index (Phi) is 11.1.